The van der Waals surface area contributed by atoms with Gasteiger partial charge >= 0.3 is 0 Å². The molecule has 0 N–H and O–H groups in total. The Hall–Kier alpha value is -0.120. The largest absolute Gasteiger partial charge is 0.301 e. The van der Waals surface area contributed by atoms with E-state index in [0.717, 1.165) is 18.0 Å². The van der Waals surface area contributed by atoms with Crippen LogP contribution in [-0.2, 0) is 0 Å². The summed E-state index contributed by atoms with van der Waals surface area (Å²) >= 11 is 0. The molecule has 0 radical (unpaired) electrons. The molecule has 3 heteroatoms. The Morgan fingerprint density at radius 2 is 1.48 bits per heavy atom. The van der Waals surface area contributed by atoms with E-state index < -0.39 is 0 Å². The Morgan fingerprint density at radius 3 is 1.95 bits per heavy atom. The highest BCUT2D eigenvalue weighted by atomic mass is 15.3. The van der Waals surface area contributed by atoms with Gasteiger partial charge in [-0.2, -0.15) is 0 Å². The number of rotatable bonds is 5. The van der Waals surface area contributed by atoms with Crippen LogP contribution in [-0.4, -0.2) is 72.6 Å². The van der Waals surface area contributed by atoms with Crippen LogP contribution in [0.1, 0.15) is 47.0 Å². The second-order valence-electron chi connectivity index (χ2n) is 8.34. The van der Waals surface area contributed by atoms with Gasteiger partial charge in [-0.15, -0.1) is 0 Å². The number of hydrogen-bond acceptors (Lipinski definition) is 3. The van der Waals surface area contributed by atoms with Gasteiger partial charge in [-0.1, -0.05) is 0 Å². The van der Waals surface area contributed by atoms with E-state index in [2.05, 4.69) is 42.4 Å². The van der Waals surface area contributed by atoms with Crippen molar-refractivity contribution >= 4 is 0 Å². The first-order valence-corrected chi connectivity index (χ1v) is 9.21. The molecule has 0 aromatic carbocycles. The quantitative estimate of drug-likeness (QED) is 0.771. The zero-order chi connectivity index (χ0) is 15.0. The normalized spacial score (nSPS) is 31.4. The molecule has 3 fully saturated rings. The molecule has 0 aromatic rings. The van der Waals surface area contributed by atoms with E-state index in [1.165, 1.54) is 65.1 Å². The summed E-state index contributed by atoms with van der Waals surface area (Å²) in [5.41, 5.74) is 0.698. The zero-order valence-corrected chi connectivity index (χ0v) is 14.6. The Bertz CT molecular complexity index is 340. The van der Waals surface area contributed by atoms with Crippen molar-refractivity contribution in [3.8, 4) is 0 Å². The average molecular weight is 293 g/mol. The van der Waals surface area contributed by atoms with Crippen molar-refractivity contribution in [3.63, 3.8) is 0 Å². The lowest BCUT2D eigenvalue weighted by Crippen LogP contribution is -2.50. The fourth-order valence-corrected chi connectivity index (χ4v) is 4.50. The van der Waals surface area contributed by atoms with E-state index in [4.69, 9.17) is 0 Å². The van der Waals surface area contributed by atoms with Crippen molar-refractivity contribution < 1.29 is 0 Å². The lowest BCUT2D eigenvalue weighted by atomic mass is 9.87. The highest BCUT2D eigenvalue weighted by Crippen LogP contribution is 2.55. The van der Waals surface area contributed by atoms with Crippen LogP contribution in [0.2, 0.25) is 0 Å². The van der Waals surface area contributed by atoms with Crippen LogP contribution in [0.5, 0.6) is 0 Å². The summed E-state index contributed by atoms with van der Waals surface area (Å²) in [7, 11) is 0. The van der Waals surface area contributed by atoms with Crippen molar-refractivity contribution in [3.05, 3.63) is 0 Å². The van der Waals surface area contributed by atoms with Gasteiger partial charge < -0.3 is 9.80 Å². The SMILES string of the molecule is CC(C)N1CCN(CC2(C3CCN(C(C)C)C3)CC2)CC1. The van der Waals surface area contributed by atoms with Crippen LogP contribution in [0.3, 0.4) is 0 Å². The van der Waals surface area contributed by atoms with Gasteiger partial charge in [-0.3, -0.25) is 4.90 Å². The molecule has 122 valence electrons. The van der Waals surface area contributed by atoms with Crippen molar-refractivity contribution in [2.45, 2.75) is 59.0 Å². The number of piperazine rings is 1. The third-order valence-electron chi connectivity index (χ3n) is 6.38. The molecule has 0 bridgehead atoms. The predicted molar refractivity (Wildman–Crippen MR) is 89.6 cm³/mol. The standard InChI is InChI=1S/C18H35N3/c1-15(2)20-11-9-19(10-12-20)14-18(6-7-18)17-5-8-21(13-17)16(3)4/h15-17H,5-14H2,1-4H3. The molecule has 3 rings (SSSR count). The second-order valence-corrected chi connectivity index (χ2v) is 8.34. The van der Waals surface area contributed by atoms with Crippen LogP contribution >= 0.6 is 0 Å². The molecule has 3 aliphatic rings. The van der Waals surface area contributed by atoms with E-state index in [1.807, 2.05) is 0 Å². The fourth-order valence-electron chi connectivity index (χ4n) is 4.50. The summed E-state index contributed by atoms with van der Waals surface area (Å²) in [5.74, 6) is 0.975. The third kappa shape index (κ3) is 3.46. The van der Waals surface area contributed by atoms with Crippen LogP contribution < -0.4 is 0 Å². The van der Waals surface area contributed by atoms with Gasteiger partial charge in [-0.05, 0) is 64.8 Å². The maximum Gasteiger partial charge on any atom is 0.0113 e. The Morgan fingerprint density at radius 1 is 0.857 bits per heavy atom. The predicted octanol–water partition coefficient (Wildman–Crippen LogP) is 2.52. The van der Waals surface area contributed by atoms with E-state index in [9.17, 15) is 0 Å². The number of nitrogens with zero attached hydrogens (tertiary/aromatic N) is 3. The molecule has 1 atom stereocenters. The monoisotopic (exact) mass is 293 g/mol. The van der Waals surface area contributed by atoms with Gasteiger partial charge in [0.15, 0.2) is 0 Å². The highest BCUT2D eigenvalue weighted by molar-refractivity contribution is 5.04. The maximum absolute atomic E-state index is 2.77. The van der Waals surface area contributed by atoms with E-state index in [0.29, 0.717) is 5.41 Å². The van der Waals surface area contributed by atoms with Crippen molar-refractivity contribution in [2.75, 3.05) is 45.8 Å². The van der Waals surface area contributed by atoms with Gasteiger partial charge in [0, 0.05) is 51.4 Å². The molecule has 2 heterocycles. The molecule has 1 unspecified atom stereocenters. The Balaban J connectivity index is 1.49. The van der Waals surface area contributed by atoms with Crippen molar-refractivity contribution in [2.24, 2.45) is 11.3 Å². The van der Waals surface area contributed by atoms with Crippen molar-refractivity contribution in [1.29, 1.82) is 0 Å². The van der Waals surface area contributed by atoms with Crippen LogP contribution in [0.15, 0.2) is 0 Å². The molecule has 21 heavy (non-hydrogen) atoms. The van der Waals surface area contributed by atoms with Crippen LogP contribution in [0, 0.1) is 11.3 Å². The number of likely N-dealkylation sites (tertiary alicyclic amines) is 1. The van der Waals surface area contributed by atoms with Gasteiger partial charge in [0.25, 0.3) is 0 Å². The summed E-state index contributed by atoms with van der Waals surface area (Å²) in [6, 6.07) is 1.46. The molecule has 0 spiro atoms. The first kappa shape index (κ1) is 15.8. The molecular weight excluding hydrogens is 258 g/mol. The second kappa shape index (κ2) is 6.17. The van der Waals surface area contributed by atoms with E-state index in [-0.39, 0.29) is 0 Å². The summed E-state index contributed by atoms with van der Waals surface area (Å²) < 4.78 is 0. The molecule has 2 aliphatic heterocycles. The molecule has 2 saturated heterocycles. The molecule has 1 aliphatic carbocycles. The lowest BCUT2D eigenvalue weighted by Gasteiger charge is -2.39. The first-order valence-electron chi connectivity index (χ1n) is 9.21. The highest BCUT2D eigenvalue weighted by Gasteiger charge is 2.51. The maximum atomic E-state index is 2.77. The molecule has 0 aromatic heterocycles. The van der Waals surface area contributed by atoms with E-state index >= 15 is 0 Å². The van der Waals surface area contributed by atoms with Gasteiger partial charge in [0.05, 0.1) is 0 Å². The van der Waals surface area contributed by atoms with Crippen LogP contribution in [0.25, 0.3) is 0 Å². The summed E-state index contributed by atoms with van der Waals surface area (Å²) in [5, 5.41) is 0. The Labute approximate surface area is 131 Å². The minimum Gasteiger partial charge on any atom is -0.301 e. The smallest absolute Gasteiger partial charge is 0.0113 e. The topological polar surface area (TPSA) is 9.72 Å². The van der Waals surface area contributed by atoms with Crippen LogP contribution in [0.4, 0.5) is 0 Å². The third-order valence-corrected chi connectivity index (χ3v) is 6.38. The minimum atomic E-state index is 0.698. The number of hydrogen-bond donors (Lipinski definition) is 0. The molecule has 0 amide bonds. The lowest BCUT2D eigenvalue weighted by molar-refractivity contribution is 0.0809. The fraction of sp³-hybridized carbons (Fsp3) is 1.00. The first-order chi connectivity index (χ1) is 10.00. The molecular formula is C18H35N3. The average Bonchev–Trinajstić information content (AvgIpc) is 3.04. The summed E-state index contributed by atoms with van der Waals surface area (Å²) in [6.45, 7) is 18.6. The minimum absolute atomic E-state index is 0.698. The van der Waals surface area contributed by atoms with Gasteiger partial charge in [0.2, 0.25) is 0 Å². The zero-order valence-electron chi connectivity index (χ0n) is 14.6. The van der Waals surface area contributed by atoms with Crippen molar-refractivity contribution in [1.82, 2.24) is 14.7 Å². The summed E-state index contributed by atoms with van der Waals surface area (Å²) in [4.78, 5) is 8.09. The van der Waals surface area contributed by atoms with E-state index in [1.54, 1.807) is 0 Å². The summed E-state index contributed by atoms with van der Waals surface area (Å²) in [6.07, 6.45) is 4.44. The van der Waals surface area contributed by atoms with Gasteiger partial charge in [-0.25, -0.2) is 0 Å². The molecule has 1 saturated carbocycles. The molecule has 3 nitrogen and oxygen atoms in total. The Kier molecular flexibility index (Phi) is 4.63. The van der Waals surface area contributed by atoms with Gasteiger partial charge in [0.1, 0.15) is 0 Å².